The molecule has 1 aromatic carbocycles. The molecule has 3 rings (SSSR count). The molecule has 1 fully saturated rings. The molecular weight excluding hydrogens is 344 g/mol. The fourth-order valence-electron chi connectivity index (χ4n) is 3.08. The quantitative estimate of drug-likeness (QED) is 0.540. The number of anilines is 1. The minimum Gasteiger partial charge on any atom is -0.371 e. The van der Waals surface area contributed by atoms with Crippen molar-refractivity contribution >= 4 is 17.3 Å². The monoisotopic (exact) mass is 358 g/mol. The van der Waals surface area contributed by atoms with Crippen LogP contribution in [-0.4, -0.2) is 18.1 Å². The summed E-state index contributed by atoms with van der Waals surface area (Å²) in [4.78, 5) is 5.05. The first kappa shape index (κ1) is 17.0. The van der Waals surface area contributed by atoms with Gasteiger partial charge in [0.05, 0.1) is 5.69 Å². The van der Waals surface area contributed by atoms with Gasteiger partial charge in [0, 0.05) is 32.1 Å². The van der Waals surface area contributed by atoms with E-state index in [2.05, 4.69) is 4.98 Å². The van der Waals surface area contributed by atoms with Crippen molar-refractivity contribution < 1.29 is 17.6 Å². The molecule has 0 aliphatic carbocycles. The number of piperidine rings is 1. The van der Waals surface area contributed by atoms with Gasteiger partial charge in [0.1, 0.15) is 16.4 Å². The van der Waals surface area contributed by atoms with Gasteiger partial charge in [0.15, 0.2) is 0 Å². The van der Waals surface area contributed by atoms with E-state index < -0.39 is 22.6 Å². The molecule has 1 aromatic heterocycles. The summed E-state index contributed by atoms with van der Waals surface area (Å²) in [5.41, 5.74) is -1.96. The lowest BCUT2D eigenvalue weighted by molar-refractivity contribution is -0.137. The Hall–Kier alpha value is -1.82. The second-order valence-corrected chi connectivity index (χ2v) is 6.17. The normalized spacial score (nSPS) is 17.8. The molecule has 0 atom stereocenters. The zero-order chi connectivity index (χ0) is 17.4. The maximum atomic E-state index is 15.1. The second kappa shape index (κ2) is 6.24. The van der Waals surface area contributed by atoms with Crippen LogP contribution in [0, 0.1) is 0 Å². The van der Waals surface area contributed by atoms with Gasteiger partial charge in [-0.15, -0.1) is 0 Å². The van der Waals surface area contributed by atoms with E-state index in [9.17, 15) is 13.2 Å². The van der Waals surface area contributed by atoms with Crippen LogP contribution in [0.15, 0.2) is 42.6 Å². The zero-order valence-corrected chi connectivity index (χ0v) is 13.4. The summed E-state index contributed by atoms with van der Waals surface area (Å²) in [7, 11) is 0. The molecule has 2 aromatic rings. The Morgan fingerprint density at radius 1 is 1.04 bits per heavy atom. The summed E-state index contributed by atoms with van der Waals surface area (Å²) in [5, 5.41) is -0.583. The fourth-order valence-corrected chi connectivity index (χ4v) is 3.34. The lowest BCUT2D eigenvalue weighted by atomic mass is 9.86. The van der Waals surface area contributed by atoms with Crippen molar-refractivity contribution in [2.75, 3.05) is 18.0 Å². The van der Waals surface area contributed by atoms with E-state index in [1.807, 2.05) is 0 Å². The third-order valence-electron chi connectivity index (χ3n) is 4.35. The molecular formula is C17H15ClF4N2. The number of aromatic nitrogens is 1. The van der Waals surface area contributed by atoms with Gasteiger partial charge in [-0.1, -0.05) is 41.9 Å². The van der Waals surface area contributed by atoms with Crippen molar-refractivity contribution in [2.45, 2.75) is 24.7 Å². The maximum absolute atomic E-state index is 15.1. The van der Waals surface area contributed by atoms with Crippen molar-refractivity contribution in [1.29, 1.82) is 0 Å². The summed E-state index contributed by atoms with van der Waals surface area (Å²) < 4.78 is 54.9. The van der Waals surface area contributed by atoms with E-state index in [1.54, 1.807) is 30.3 Å². The topological polar surface area (TPSA) is 16.1 Å². The van der Waals surface area contributed by atoms with Gasteiger partial charge in [-0.3, -0.25) is 0 Å². The average molecular weight is 359 g/mol. The highest BCUT2D eigenvalue weighted by atomic mass is 35.5. The Balaban J connectivity index is 1.85. The molecule has 0 radical (unpaired) electrons. The highest BCUT2D eigenvalue weighted by Crippen LogP contribution is 2.43. The summed E-state index contributed by atoms with van der Waals surface area (Å²) in [6, 6.07) is 10.0. The minimum absolute atomic E-state index is 0.0439. The fraction of sp³-hybridized carbons (Fsp3) is 0.353. The SMILES string of the molecule is FC(F)(F)c1c(N2CCC(F)(c3ccccc3)CC2)ccnc1Cl. The van der Waals surface area contributed by atoms with E-state index in [1.165, 1.54) is 17.2 Å². The Labute approximate surface area is 142 Å². The van der Waals surface area contributed by atoms with E-state index in [-0.39, 0.29) is 31.6 Å². The number of hydrogen-bond acceptors (Lipinski definition) is 2. The summed E-state index contributed by atoms with van der Waals surface area (Å²) in [5.74, 6) is 0. The minimum atomic E-state index is -4.61. The number of nitrogens with zero attached hydrogens (tertiary/aromatic N) is 2. The van der Waals surface area contributed by atoms with Crippen molar-refractivity contribution in [1.82, 2.24) is 4.98 Å². The highest BCUT2D eigenvalue weighted by Gasteiger charge is 2.41. The Morgan fingerprint density at radius 2 is 1.67 bits per heavy atom. The second-order valence-electron chi connectivity index (χ2n) is 5.81. The summed E-state index contributed by atoms with van der Waals surface area (Å²) in [6.07, 6.45) is -3.13. The van der Waals surface area contributed by atoms with E-state index in [4.69, 9.17) is 11.6 Å². The van der Waals surface area contributed by atoms with Gasteiger partial charge in [-0.2, -0.15) is 13.2 Å². The summed E-state index contributed by atoms with van der Waals surface area (Å²) >= 11 is 5.65. The van der Waals surface area contributed by atoms with Crippen LogP contribution >= 0.6 is 11.6 Å². The largest absolute Gasteiger partial charge is 0.421 e. The standard InChI is InChI=1S/C17H15ClF4N2/c18-15-14(17(20,21)22)13(6-9-23-15)24-10-7-16(19,8-11-24)12-4-2-1-3-5-12/h1-6,9H,7-8,10-11H2. The van der Waals surface area contributed by atoms with Crippen molar-refractivity contribution in [3.63, 3.8) is 0 Å². The molecule has 1 aliphatic heterocycles. The number of hydrogen-bond donors (Lipinski definition) is 0. The average Bonchev–Trinajstić information content (AvgIpc) is 2.55. The molecule has 0 unspecified atom stereocenters. The first-order chi connectivity index (χ1) is 11.3. The number of halogens is 5. The molecule has 0 spiro atoms. The molecule has 1 aliphatic rings. The van der Waals surface area contributed by atoms with Crippen LogP contribution in [0.5, 0.6) is 0 Å². The van der Waals surface area contributed by atoms with Gasteiger partial charge in [0.25, 0.3) is 0 Å². The van der Waals surface area contributed by atoms with Gasteiger partial charge in [0.2, 0.25) is 0 Å². The Kier molecular flexibility index (Phi) is 4.42. The van der Waals surface area contributed by atoms with Crippen LogP contribution in [0.2, 0.25) is 5.15 Å². The van der Waals surface area contributed by atoms with E-state index in [0.29, 0.717) is 5.56 Å². The highest BCUT2D eigenvalue weighted by molar-refractivity contribution is 6.30. The number of pyridine rings is 1. The van der Waals surface area contributed by atoms with Crippen molar-refractivity contribution in [3.8, 4) is 0 Å². The summed E-state index contributed by atoms with van der Waals surface area (Å²) in [6.45, 7) is 0.351. The molecule has 7 heteroatoms. The Bertz CT molecular complexity index is 710. The van der Waals surface area contributed by atoms with Gasteiger partial charge in [-0.25, -0.2) is 9.37 Å². The molecule has 2 heterocycles. The molecule has 0 N–H and O–H groups in total. The molecule has 0 bridgehead atoms. The van der Waals surface area contributed by atoms with Crippen LogP contribution in [0.1, 0.15) is 24.0 Å². The van der Waals surface area contributed by atoms with Crippen LogP contribution in [0.3, 0.4) is 0 Å². The van der Waals surface area contributed by atoms with Crippen LogP contribution in [-0.2, 0) is 11.8 Å². The Morgan fingerprint density at radius 3 is 2.25 bits per heavy atom. The number of alkyl halides is 4. The molecule has 24 heavy (non-hydrogen) atoms. The van der Waals surface area contributed by atoms with Gasteiger partial charge < -0.3 is 4.90 Å². The van der Waals surface area contributed by atoms with Crippen LogP contribution < -0.4 is 4.90 Å². The third kappa shape index (κ3) is 3.20. The predicted octanol–water partition coefficient (Wildman–Crippen LogP) is 5.22. The van der Waals surface area contributed by atoms with E-state index >= 15 is 4.39 Å². The van der Waals surface area contributed by atoms with Crippen LogP contribution in [0.25, 0.3) is 0 Å². The van der Waals surface area contributed by atoms with Gasteiger partial charge in [-0.05, 0) is 11.6 Å². The van der Waals surface area contributed by atoms with Crippen molar-refractivity contribution in [2.24, 2.45) is 0 Å². The van der Waals surface area contributed by atoms with Crippen molar-refractivity contribution in [3.05, 3.63) is 58.9 Å². The molecule has 1 saturated heterocycles. The molecule has 0 amide bonds. The van der Waals surface area contributed by atoms with Gasteiger partial charge >= 0.3 is 6.18 Å². The lowest BCUT2D eigenvalue weighted by Gasteiger charge is -2.38. The predicted molar refractivity (Wildman–Crippen MR) is 84.9 cm³/mol. The number of benzene rings is 1. The maximum Gasteiger partial charge on any atom is 0.421 e. The zero-order valence-electron chi connectivity index (χ0n) is 12.7. The molecule has 0 saturated carbocycles. The first-order valence-corrected chi connectivity index (χ1v) is 7.90. The molecule has 2 nitrogen and oxygen atoms in total. The first-order valence-electron chi connectivity index (χ1n) is 7.52. The molecule has 128 valence electrons. The van der Waals surface area contributed by atoms with E-state index in [0.717, 1.165) is 0 Å². The third-order valence-corrected chi connectivity index (χ3v) is 4.64. The number of rotatable bonds is 2. The van der Waals surface area contributed by atoms with Crippen LogP contribution in [0.4, 0.5) is 23.2 Å². The lowest BCUT2D eigenvalue weighted by Crippen LogP contribution is -2.41. The smallest absolute Gasteiger partial charge is 0.371 e.